The third-order valence-electron chi connectivity index (χ3n) is 3.30. The maximum atomic E-state index is 12.6. The fourth-order valence-electron chi connectivity index (χ4n) is 2.12. The van der Waals surface area contributed by atoms with Gasteiger partial charge in [-0.05, 0) is 24.1 Å². The Kier molecular flexibility index (Phi) is 5.16. The highest BCUT2D eigenvalue weighted by atomic mass is 35.5. The van der Waals surface area contributed by atoms with Crippen LogP contribution in [-0.2, 0) is 14.8 Å². The van der Waals surface area contributed by atoms with Gasteiger partial charge in [-0.2, -0.15) is 4.31 Å². The van der Waals surface area contributed by atoms with Gasteiger partial charge in [-0.1, -0.05) is 29.3 Å². The van der Waals surface area contributed by atoms with Crippen molar-refractivity contribution < 1.29 is 13.2 Å². The number of halogens is 2. The van der Waals surface area contributed by atoms with Crippen molar-refractivity contribution in [2.24, 2.45) is 0 Å². The van der Waals surface area contributed by atoms with Crippen molar-refractivity contribution in [1.82, 2.24) is 4.31 Å². The van der Waals surface area contributed by atoms with Crippen LogP contribution in [0.5, 0.6) is 0 Å². The average Bonchev–Trinajstić information content (AvgIpc) is 2.45. The highest BCUT2D eigenvalue weighted by Crippen LogP contribution is 2.35. The molecule has 0 spiro atoms. The quantitative estimate of drug-likeness (QED) is 0.668. The molecule has 1 heterocycles. The van der Waals surface area contributed by atoms with Crippen LogP contribution in [0.4, 0.5) is 5.69 Å². The minimum absolute atomic E-state index is 0.0188. The fourth-order valence-corrected chi connectivity index (χ4v) is 4.24. The predicted octanol–water partition coefficient (Wildman–Crippen LogP) is 2.54. The number of hydrogen-bond donors (Lipinski definition) is 1. The Bertz CT molecular complexity index is 674. The van der Waals surface area contributed by atoms with Crippen molar-refractivity contribution >= 4 is 38.9 Å². The highest BCUT2D eigenvalue weighted by Gasteiger charge is 2.29. The van der Waals surface area contributed by atoms with Crippen LogP contribution in [0.25, 0.3) is 0 Å². The third kappa shape index (κ3) is 3.35. The zero-order chi connectivity index (χ0) is 15.6. The zero-order valence-electron chi connectivity index (χ0n) is 11.5. The van der Waals surface area contributed by atoms with E-state index in [0.29, 0.717) is 26.1 Å². The van der Waals surface area contributed by atoms with Gasteiger partial charge in [-0.25, -0.2) is 8.42 Å². The van der Waals surface area contributed by atoms with Gasteiger partial charge in [0, 0.05) is 20.2 Å². The molecule has 0 atom stereocenters. The standard InChI is InChI=1S/C13H16Cl2N2O3S/c1-20-8-9-4-6-17(7-5-9)21(18,19)11-3-2-10(14)13(16)12(11)15/h2-4H,5-8,16H2,1H3. The smallest absolute Gasteiger partial charge is 0.244 e. The third-order valence-corrected chi connectivity index (χ3v) is 6.06. The number of nitrogens with zero attached hydrogens (tertiary/aromatic N) is 1. The monoisotopic (exact) mass is 350 g/mol. The summed E-state index contributed by atoms with van der Waals surface area (Å²) in [5, 5.41) is 0.203. The van der Waals surface area contributed by atoms with Crippen LogP contribution in [0.3, 0.4) is 0 Å². The number of benzene rings is 1. The largest absolute Gasteiger partial charge is 0.396 e. The Morgan fingerprint density at radius 1 is 1.38 bits per heavy atom. The molecule has 8 heteroatoms. The van der Waals surface area contributed by atoms with Gasteiger partial charge in [0.25, 0.3) is 0 Å². The number of anilines is 1. The van der Waals surface area contributed by atoms with Crippen molar-refractivity contribution in [3.05, 3.63) is 33.8 Å². The van der Waals surface area contributed by atoms with E-state index in [0.717, 1.165) is 5.57 Å². The first-order chi connectivity index (χ1) is 9.87. The van der Waals surface area contributed by atoms with Crippen molar-refractivity contribution in [1.29, 1.82) is 0 Å². The maximum Gasteiger partial charge on any atom is 0.244 e. The zero-order valence-corrected chi connectivity index (χ0v) is 13.8. The average molecular weight is 351 g/mol. The van der Waals surface area contributed by atoms with Crippen LogP contribution >= 0.6 is 23.2 Å². The lowest BCUT2D eigenvalue weighted by Crippen LogP contribution is -2.35. The molecule has 0 amide bonds. The SMILES string of the molecule is COCC1=CCN(S(=O)(=O)c2ccc(Cl)c(N)c2Cl)CC1. The first-order valence-electron chi connectivity index (χ1n) is 6.28. The normalized spacial score (nSPS) is 16.8. The first-order valence-corrected chi connectivity index (χ1v) is 8.48. The molecule has 1 aromatic carbocycles. The molecule has 0 saturated heterocycles. The van der Waals surface area contributed by atoms with Gasteiger partial charge in [0.05, 0.1) is 22.3 Å². The van der Waals surface area contributed by atoms with Crippen molar-refractivity contribution in [2.45, 2.75) is 11.3 Å². The summed E-state index contributed by atoms with van der Waals surface area (Å²) in [5.41, 5.74) is 6.86. The van der Waals surface area contributed by atoms with Crippen LogP contribution in [0.2, 0.25) is 10.0 Å². The lowest BCUT2D eigenvalue weighted by Gasteiger charge is -2.26. The minimum atomic E-state index is -3.69. The number of nitrogen functional groups attached to an aromatic ring is 1. The van der Waals surface area contributed by atoms with Gasteiger partial charge in [0.1, 0.15) is 4.90 Å². The second-order valence-corrected chi connectivity index (χ2v) is 7.37. The van der Waals surface area contributed by atoms with Gasteiger partial charge in [0.15, 0.2) is 0 Å². The summed E-state index contributed by atoms with van der Waals surface area (Å²) in [4.78, 5) is -0.0188. The Hall–Kier alpha value is -0.790. The molecule has 0 saturated carbocycles. The summed E-state index contributed by atoms with van der Waals surface area (Å²) in [7, 11) is -2.08. The Morgan fingerprint density at radius 3 is 2.67 bits per heavy atom. The van der Waals surface area contributed by atoms with Crippen molar-refractivity contribution in [3.8, 4) is 0 Å². The molecule has 0 unspecified atom stereocenters. The Morgan fingerprint density at radius 2 is 2.10 bits per heavy atom. The fraction of sp³-hybridized carbons (Fsp3) is 0.385. The minimum Gasteiger partial charge on any atom is -0.396 e. The van der Waals surface area contributed by atoms with E-state index in [1.807, 2.05) is 6.08 Å². The van der Waals surface area contributed by atoms with Gasteiger partial charge in [-0.3, -0.25) is 0 Å². The first kappa shape index (κ1) is 16.6. The molecule has 116 valence electrons. The molecule has 2 N–H and O–H groups in total. The van der Waals surface area contributed by atoms with E-state index in [9.17, 15) is 8.42 Å². The summed E-state index contributed by atoms with van der Waals surface area (Å²) in [5.74, 6) is 0. The summed E-state index contributed by atoms with van der Waals surface area (Å²) < 4.78 is 31.6. The molecular weight excluding hydrogens is 335 g/mol. The van der Waals surface area contributed by atoms with E-state index in [-0.39, 0.29) is 20.6 Å². The molecule has 0 radical (unpaired) electrons. The van der Waals surface area contributed by atoms with Gasteiger partial charge >= 0.3 is 0 Å². The molecule has 21 heavy (non-hydrogen) atoms. The molecule has 0 fully saturated rings. The molecule has 0 aromatic heterocycles. The molecule has 0 aliphatic carbocycles. The summed E-state index contributed by atoms with van der Waals surface area (Å²) in [6.07, 6.45) is 2.49. The number of hydrogen-bond acceptors (Lipinski definition) is 4. The van der Waals surface area contributed by atoms with Gasteiger partial charge in [-0.15, -0.1) is 0 Å². The molecular formula is C13H16Cl2N2O3S. The van der Waals surface area contributed by atoms with Crippen LogP contribution in [0.15, 0.2) is 28.7 Å². The van der Waals surface area contributed by atoms with Crippen molar-refractivity contribution in [3.63, 3.8) is 0 Å². The van der Waals surface area contributed by atoms with E-state index in [1.54, 1.807) is 7.11 Å². The lowest BCUT2D eigenvalue weighted by atomic mass is 10.1. The molecule has 5 nitrogen and oxygen atoms in total. The topological polar surface area (TPSA) is 72.6 Å². The van der Waals surface area contributed by atoms with Crippen LogP contribution < -0.4 is 5.73 Å². The second-order valence-electron chi connectivity index (χ2n) is 4.68. The van der Waals surface area contributed by atoms with Crippen molar-refractivity contribution in [2.75, 3.05) is 32.5 Å². The Labute approximate surface area is 134 Å². The molecule has 1 aliphatic rings. The van der Waals surface area contributed by atoms with Gasteiger partial charge < -0.3 is 10.5 Å². The predicted molar refractivity (Wildman–Crippen MR) is 84.2 cm³/mol. The van der Waals surface area contributed by atoms with E-state index < -0.39 is 10.0 Å². The maximum absolute atomic E-state index is 12.6. The van der Waals surface area contributed by atoms with Crippen LogP contribution in [0.1, 0.15) is 6.42 Å². The molecule has 1 aliphatic heterocycles. The second kappa shape index (κ2) is 6.54. The molecule has 0 bridgehead atoms. The number of rotatable bonds is 4. The lowest BCUT2D eigenvalue weighted by molar-refractivity contribution is 0.219. The van der Waals surface area contributed by atoms with E-state index in [4.69, 9.17) is 33.7 Å². The number of sulfonamides is 1. The van der Waals surface area contributed by atoms with E-state index in [2.05, 4.69) is 0 Å². The highest BCUT2D eigenvalue weighted by molar-refractivity contribution is 7.89. The number of methoxy groups -OCH3 is 1. The summed E-state index contributed by atoms with van der Waals surface area (Å²) in [6, 6.07) is 2.82. The summed E-state index contributed by atoms with van der Waals surface area (Å²) in [6.45, 7) is 1.19. The van der Waals surface area contributed by atoms with E-state index >= 15 is 0 Å². The Balaban J connectivity index is 2.30. The molecule has 1 aromatic rings. The number of ether oxygens (including phenoxy) is 1. The number of nitrogens with two attached hydrogens (primary N) is 1. The summed E-state index contributed by atoms with van der Waals surface area (Å²) >= 11 is 11.9. The molecule has 2 rings (SSSR count). The van der Waals surface area contributed by atoms with E-state index in [1.165, 1.54) is 16.4 Å². The van der Waals surface area contributed by atoms with Crippen LogP contribution in [-0.4, -0.2) is 39.5 Å². The van der Waals surface area contributed by atoms with Gasteiger partial charge in [0.2, 0.25) is 10.0 Å². The van der Waals surface area contributed by atoms with Crippen LogP contribution in [0, 0.1) is 0 Å².